The van der Waals surface area contributed by atoms with E-state index >= 15 is 0 Å². The van der Waals surface area contributed by atoms with Crippen LogP contribution in [-0.4, -0.2) is 36.2 Å². The Labute approximate surface area is 185 Å². The maximum absolute atomic E-state index is 12.0. The van der Waals surface area contributed by atoms with Crippen molar-refractivity contribution in [3.05, 3.63) is 59.7 Å². The number of esters is 2. The predicted molar refractivity (Wildman–Crippen MR) is 124 cm³/mol. The molecule has 0 bridgehead atoms. The Morgan fingerprint density at radius 3 is 1.29 bits per heavy atom. The second kappa shape index (κ2) is 10.3. The van der Waals surface area contributed by atoms with Crippen molar-refractivity contribution in [2.45, 2.75) is 59.0 Å². The van der Waals surface area contributed by atoms with Crippen molar-refractivity contribution in [1.82, 2.24) is 0 Å². The van der Waals surface area contributed by atoms with Gasteiger partial charge in [-0.1, -0.05) is 24.3 Å². The molecule has 31 heavy (non-hydrogen) atoms. The van der Waals surface area contributed by atoms with Crippen LogP contribution in [0.15, 0.2) is 48.5 Å². The molecule has 0 aliphatic carbocycles. The van der Waals surface area contributed by atoms with E-state index in [0.717, 1.165) is 28.9 Å². The fraction of sp³-hybridized carbons (Fsp3) is 0.440. The van der Waals surface area contributed by atoms with Crippen LogP contribution in [0.5, 0.6) is 0 Å². The van der Waals surface area contributed by atoms with Crippen molar-refractivity contribution in [3.63, 3.8) is 0 Å². The first-order valence-electron chi connectivity index (χ1n) is 10.7. The van der Waals surface area contributed by atoms with E-state index in [2.05, 4.69) is 10.6 Å². The van der Waals surface area contributed by atoms with Crippen molar-refractivity contribution >= 4 is 23.3 Å². The van der Waals surface area contributed by atoms with Gasteiger partial charge in [-0.3, -0.25) is 0 Å². The molecule has 0 aliphatic heterocycles. The molecule has 0 saturated heterocycles. The van der Waals surface area contributed by atoms with Crippen molar-refractivity contribution < 1.29 is 19.1 Å². The van der Waals surface area contributed by atoms with Crippen LogP contribution in [0, 0.1) is 0 Å². The Morgan fingerprint density at radius 1 is 0.677 bits per heavy atom. The number of hydrogen-bond donors (Lipinski definition) is 2. The minimum absolute atomic E-state index is 0.279. The molecule has 0 amide bonds. The molecule has 168 valence electrons. The maximum Gasteiger partial charge on any atom is 0.331 e. The van der Waals surface area contributed by atoms with E-state index in [1.54, 1.807) is 41.5 Å². The molecule has 0 fully saturated rings. The van der Waals surface area contributed by atoms with Gasteiger partial charge in [-0.25, -0.2) is 9.59 Å². The van der Waals surface area contributed by atoms with Gasteiger partial charge in [-0.15, -0.1) is 0 Å². The molecule has 2 aromatic rings. The van der Waals surface area contributed by atoms with Gasteiger partial charge >= 0.3 is 11.9 Å². The van der Waals surface area contributed by atoms with Crippen molar-refractivity contribution in [2.24, 2.45) is 0 Å². The lowest BCUT2D eigenvalue weighted by Gasteiger charge is -2.25. The number of carbonyl (C=O) groups is 2. The van der Waals surface area contributed by atoms with E-state index in [-0.39, 0.29) is 11.9 Å². The van der Waals surface area contributed by atoms with Crippen LogP contribution in [0.2, 0.25) is 0 Å². The first-order chi connectivity index (χ1) is 14.6. The van der Waals surface area contributed by atoms with Crippen LogP contribution in [0.1, 0.15) is 52.7 Å². The molecule has 2 aromatic carbocycles. The third-order valence-electron chi connectivity index (χ3n) is 4.80. The summed E-state index contributed by atoms with van der Waals surface area (Å²) in [6.07, 6.45) is 0.781. The third kappa shape index (κ3) is 7.02. The summed E-state index contributed by atoms with van der Waals surface area (Å²) in [6, 6.07) is 16.0. The summed E-state index contributed by atoms with van der Waals surface area (Å²) in [6.45, 7) is 11.5. The summed E-state index contributed by atoms with van der Waals surface area (Å²) in [5, 5.41) is 6.44. The van der Waals surface area contributed by atoms with Crippen LogP contribution in [0.25, 0.3) is 0 Å². The zero-order chi connectivity index (χ0) is 23.1. The van der Waals surface area contributed by atoms with Crippen LogP contribution >= 0.6 is 0 Å². The number of hydrogen-bond acceptors (Lipinski definition) is 6. The average molecular weight is 427 g/mol. The van der Waals surface area contributed by atoms with E-state index in [1.165, 1.54) is 0 Å². The lowest BCUT2D eigenvalue weighted by Crippen LogP contribution is -2.41. The Bertz CT molecular complexity index is 798. The smallest absolute Gasteiger partial charge is 0.331 e. The summed E-state index contributed by atoms with van der Waals surface area (Å²) in [5.41, 5.74) is 2.46. The normalized spacial score (nSPS) is 11.5. The number of benzene rings is 2. The van der Waals surface area contributed by atoms with Crippen molar-refractivity contribution in [3.8, 4) is 0 Å². The Balaban J connectivity index is 1.98. The minimum atomic E-state index is -0.794. The lowest BCUT2D eigenvalue weighted by atomic mass is 10.0. The highest BCUT2D eigenvalue weighted by atomic mass is 16.5. The van der Waals surface area contributed by atoms with Crippen LogP contribution in [0.4, 0.5) is 11.4 Å². The molecule has 0 unspecified atom stereocenters. The topological polar surface area (TPSA) is 76.7 Å². The minimum Gasteiger partial charge on any atom is -0.464 e. The average Bonchev–Trinajstić information content (AvgIpc) is 2.71. The van der Waals surface area contributed by atoms with Gasteiger partial charge in [-0.05, 0) is 83.4 Å². The molecule has 6 heteroatoms. The number of ether oxygens (including phenoxy) is 2. The Morgan fingerprint density at radius 2 is 1.00 bits per heavy atom. The summed E-state index contributed by atoms with van der Waals surface area (Å²) in [5.74, 6) is -0.558. The molecule has 0 saturated carbocycles. The molecule has 0 atom stereocenters. The summed E-state index contributed by atoms with van der Waals surface area (Å²) < 4.78 is 10.2. The highest BCUT2D eigenvalue weighted by Gasteiger charge is 2.29. The molecule has 0 spiro atoms. The fourth-order valence-corrected chi connectivity index (χ4v) is 3.09. The van der Waals surface area contributed by atoms with Gasteiger partial charge < -0.3 is 20.1 Å². The SMILES string of the molecule is CCOC(=O)C(C)(C)Nc1ccc(Cc2ccc(NC(C)(C)C(=O)OCC)cc2)cc1. The molecular weight excluding hydrogens is 392 g/mol. The molecular formula is C25H34N2O4. The Kier molecular flexibility index (Phi) is 8.08. The van der Waals surface area contributed by atoms with Crippen LogP contribution in [-0.2, 0) is 25.5 Å². The number of anilines is 2. The second-order valence-corrected chi connectivity index (χ2v) is 8.51. The van der Waals surface area contributed by atoms with E-state index in [9.17, 15) is 9.59 Å². The van der Waals surface area contributed by atoms with Crippen molar-refractivity contribution in [2.75, 3.05) is 23.8 Å². The zero-order valence-corrected chi connectivity index (χ0v) is 19.4. The standard InChI is InChI=1S/C25H34N2O4/c1-7-30-22(28)24(3,4)26-20-13-9-18(10-14-20)17-19-11-15-21(16-12-19)27-25(5,6)23(29)31-8-2/h9-16,26-27H,7-8,17H2,1-6H3. The highest BCUT2D eigenvalue weighted by Crippen LogP contribution is 2.21. The third-order valence-corrected chi connectivity index (χ3v) is 4.80. The van der Waals surface area contributed by atoms with Gasteiger partial charge in [0.25, 0.3) is 0 Å². The Hall–Kier alpha value is -3.02. The van der Waals surface area contributed by atoms with E-state index in [1.807, 2.05) is 48.5 Å². The van der Waals surface area contributed by atoms with Crippen LogP contribution < -0.4 is 10.6 Å². The van der Waals surface area contributed by atoms with E-state index in [0.29, 0.717) is 13.2 Å². The van der Waals surface area contributed by atoms with Crippen LogP contribution in [0.3, 0.4) is 0 Å². The fourth-order valence-electron chi connectivity index (χ4n) is 3.09. The van der Waals surface area contributed by atoms with Crippen molar-refractivity contribution in [1.29, 1.82) is 0 Å². The first kappa shape index (κ1) is 24.3. The predicted octanol–water partition coefficient (Wildman–Crippen LogP) is 4.78. The quantitative estimate of drug-likeness (QED) is 0.532. The van der Waals surface area contributed by atoms with E-state index < -0.39 is 11.1 Å². The molecule has 0 radical (unpaired) electrons. The van der Waals surface area contributed by atoms with Gasteiger partial charge in [0.1, 0.15) is 11.1 Å². The van der Waals surface area contributed by atoms with Gasteiger partial charge in [0, 0.05) is 11.4 Å². The molecule has 2 rings (SSSR count). The highest BCUT2D eigenvalue weighted by molar-refractivity contribution is 5.84. The lowest BCUT2D eigenvalue weighted by molar-refractivity contribution is -0.148. The second-order valence-electron chi connectivity index (χ2n) is 8.51. The summed E-state index contributed by atoms with van der Waals surface area (Å²) >= 11 is 0. The molecule has 2 N–H and O–H groups in total. The monoisotopic (exact) mass is 426 g/mol. The number of rotatable bonds is 10. The zero-order valence-electron chi connectivity index (χ0n) is 19.4. The largest absolute Gasteiger partial charge is 0.464 e. The maximum atomic E-state index is 12.0. The van der Waals surface area contributed by atoms with E-state index in [4.69, 9.17) is 9.47 Å². The molecule has 0 aliphatic rings. The van der Waals surface area contributed by atoms with Gasteiger partial charge in [0.15, 0.2) is 0 Å². The molecule has 6 nitrogen and oxygen atoms in total. The molecule has 0 heterocycles. The van der Waals surface area contributed by atoms with Gasteiger partial charge in [0.05, 0.1) is 13.2 Å². The summed E-state index contributed by atoms with van der Waals surface area (Å²) in [4.78, 5) is 24.1. The molecule has 0 aromatic heterocycles. The first-order valence-corrected chi connectivity index (χ1v) is 10.7. The van der Waals surface area contributed by atoms with Gasteiger partial charge in [0.2, 0.25) is 0 Å². The number of nitrogens with one attached hydrogen (secondary N) is 2. The number of carbonyl (C=O) groups excluding carboxylic acids is 2. The van der Waals surface area contributed by atoms with Gasteiger partial charge in [-0.2, -0.15) is 0 Å². The summed E-state index contributed by atoms with van der Waals surface area (Å²) in [7, 11) is 0.